The third-order valence-electron chi connectivity index (χ3n) is 4.15. The summed E-state index contributed by atoms with van der Waals surface area (Å²) in [5.41, 5.74) is 2.81. The molecule has 0 fully saturated rings. The average Bonchev–Trinajstić information content (AvgIpc) is 2.60. The third kappa shape index (κ3) is 3.84. The zero-order valence-corrected chi connectivity index (χ0v) is 15.1. The Morgan fingerprint density at radius 1 is 1.08 bits per heavy atom. The molecule has 1 aromatic carbocycles. The van der Waals surface area contributed by atoms with Gasteiger partial charge in [-0.2, -0.15) is 0 Å². The van der Waals surface area contributed by atoms with Crippen LogP contribution in [-0.2, 0) is 9.53 Å². The van der Waals surface area contributed by atoms with Gasteiger partial charge in [0.05, 0.1) is 19.9 Å². The number of amides is 1. The Balaban J connectivity index is 2.79. The van der Waals surface area contributed by atoms with Crippen LogP contribution < -0.4 is 14.8 Å². The molecule has 6 heteroatoms. The summed E-state index contributed by atoms with van der Waals surface area (Å²) in [5, 5.41) is 2.76. The summed E-state index contributed by atoms with van der Waals surface area (Å²) >= 11 is 0. The minimum atomic E-state index is -0.591. The first-order valence-electron chi connectivity index (χ1n) is 7.98. The molecular formula is C19H23NO5. The van der Waals surface area contributed by atoms with Crippen molar-refractivity contribution in [1.29, 1.82) is 0 Å². The van der Waals surface area contributed by atoms with Crippen molar-refractivity contribution >= 4 is 17.7 Å². The highest BCUT2D eigenvalue weighted by atomic mass is 16.6. The van der Waals surface area contributed by atoms with Gasteiger partial charge in [0.25, 0.3) is 0 Å². The molecule has 0 aliphatic heterocycles. The monoisotopic (exact) mass is 345 g/mol. The standard InChI is InChI=1S/C19H23NO5/c1-11-12(2)17(23-4)18(25-13(3)21)15(14-9-7-6-8-10-14)16(11)20-19(22)24-5/h7-10,14H,6H2,1-5H3,(H,20,22). The largest absolute Gasteiger partial charge is 0.493 e. The van der Waals surface area contributed by atoms with Gasteiger partial charge in [0.2, 0.25) is 0 Å². The normalized spacial score (nSPS) is 13.5. The predicted octanol–water partition coefficient (Wildman–Crippen LogP) is 4.02. The lowest BCUT2D eigenvalue weighted by Gasteiger charge is -2.25. The maximum absolute atomic E-state index is 11.9. The molecule has 6 nitrogen and oxygen atoms in total. The molecule has 0 heterocycles. The first kappa shape index (κ1) is 18.6. The van der Waals surface area contributed by atoms with Crippen molar-refractivity contribution in [3.05, 3.63) is 41.0 Å². The molecule has 1 N–H and O–H groups in total. The van der Waals surface area contributed by atoms with Gasteiger partial charge in [-0.15, -0.1) is 0 Å². The van der Waals surface area contributed by atoms with Gasteiger partial charge in [-0.1, -0.05) is 24.3 Å². The molecule has 0 bridgehead atoms. The van der Waals surface area contributed by atoms with Crippen LogP contribution in [0.1, 0.15) is 36.0 Å². The highest BCUT2D eigenvalue weighted by Gasteiger charge is 2.28. The van der Waals surface area contributed by atoms with Crippen molar-refractivity contribution in [3.63, 3.8) is 0 Å². The van der Waals surface area contributed by atoms with E-state index in [4.69, 9.17) is 14.2 Å². The Labute approximate surface area is 147 Å². The molecule has 0 radical (unpaired) electrons. The minimum Gasteiger partial charge on any atom is -0.493 e. The second kappa shape index (κ2) is 7.88. The van der Waals surface area contributed by atoms with Crippen molar-refractivity contribution < 1.29 is 23.8 Å². The topological polar surface area (TPSA) is 73.9 Å². The summed E-state index contributed by atoms with van der Waals surface area (Å²) < 4.78 is 15.7. The van der Waals surface area contributed by atoms with Gasteiger partial charge >= 0.3 is 12.1 Å². The lowest BCUT2D eigenvalue weighted by Crippen LogP contribution is -2.17. The van der Waals surface area contributed by atoms with Crippen molar-refractivity contribution in [3.8, 4) is 11.5 Å². The molecule has 0 aromatic heterocycles. The van der Waals surface area contributed by atoms with Crippen LogP contribution in [0.15, 0.2) is 24.3 Å². The second-order valence-corrected chi connectivity index (χ2v) is 5.73. The number of carbonyl (C=O) groups is 2. The molecular weight excluding hydrogens is 322 g/mol. The average molecular weight is 345 g/mol. The molecule has 0 unspecified atom stereocenters. The number of nitrogens with one attached hydrogen (secondary N) is 1. The molecule has 1 aromatic rings. The first-order valence-corrected chi connectivity index (χ1v) is 7.98. The van der Waals surface area contributed by atoms with E-state index in [1.165, 1.54) is 21.1 Å². The van der Waals surface area contributed by atoms with Crippen LogP contribution in [0, 0.1) is 13.8 Å². The van der Waals surface area contributed by atoms with Gasteiger partial charge in [0.1, 0.15) is 0 Å². The van der Waals surface area contributed by atoms with Crippen LogP contribution in [0.4, 0.5) is 10.5 Å². The molecule has 1 amide bonds. The summed E-state index contributed by atoms with van der Waals surface area (Å²) in [5.74, 6) is 0.162. The Morgan fingerprint density at radius 2 is 1.72 bits per heavy atom. The van der Waals surface area contributed by atoms with E-state index in [-0.39, 0.29) is 5.92 Å². The SMILES string of the molecule is COC(=O)Nc1c(C)c(C)c(OC)c(OC(C)=O)c1C1C=CCC=C1. The summed E-state index contributed by atoms with van der Waals surface area (Å²) in [6.45, 7) is 5.05. The van der Waals surface area contributed by atoms with Crippen LogP contribution in [0.5, 0.6) is 11.5 Å². The number of esters is 1. The van der Waals surface area contributed by atoms with Gasteiger partial charge in [-0.05, 0) is 31.4 Å². The second-order valence-electron chi connectivity index (χ2n) is 5.73. The van der Waals surface area contributed by atoms with E-state index < -0.39 is 12.1 Å². The Kier molecular flexibility index (Phi) is 5.85. The Hall–Kier alpha value is -2.76. The van der Waals surface area contributed by atoms with E-state index in [0.29, 0.717) is 22.7 Å². The molecule has 25 heavy (non-hydrogen) atoms. The Morgan fingerprint density at radius 3 is 2.24 bits per heavy atom. The number of allylic oxidation sites excluding steroid dienone is 4. The number of ether oxygens (including phenoxy) is 3. The summed E-state index contributed by atoms with van der Waals surface area (Å²) in [6, 6.07) is 0. The van der Waals surface area contributed by atoms with E-state index in [1.807, 2.05) is 38.2 Å². The Bertz CT molecular complexity index is 737. The molecule has 0 spiro atoms. The maximum atomic E-state index is 11.9. The zero-order valence-electron chi connectivity index (χ0n) is 15.1. The highest BCUT2D eigenvalue weighted by molar-refractivity contribution is 5.90. The lowest BCUT2D eigenvalue weighted by molar-refractivity contribution is -0.132. The fraction of sp³-hybridized carbons (Fsp3) is 0.368. The molecule has 0 saturated heterocycles. The quantitative estimate of drug-likeness (QED) is 0.507. The molecule has 0 saturated carbocycles. The van der Waals surface area contributed by atoms with E-state index in [1.54, 1.807) is 0 Å². The fourth-order valence-corrected chi connectivity index (χ4v) is 2.87. The maximum Gasteiger partial charge on any atom is 0.411 e. The van der Waals surface area contributed by atoms with E-state index in [2.05, 4.69) is 5.32 Å². The van der Waals surface area contributed by atoms with Gasteiger partial charge in [0, 0.05) is 18.4 Å². The number of anilines is 1. The van der Waals surface area contributed by atoms with E-state index in [0.717, 1.165) is 17.5 Å². The smallest absolute Gasteiger partial charge is 0.411 e. The van der Waals surface area contributed by atoms with Crippen molar-refractivity contribution in [2.24, 2.45) is 0 Å². The number of methoxy groups -OCH3 is 2. The molecule has 2 rings (SSSR count). The minimum absolute atomic E-state index is 0.163. The van der Waals surface area contributed by atoms with Crippen molar-refractivity contribution in [2.45, 2.75) is 33.1 Å². The van der Waals surface area contributed by atoms with Crippen LogP contribution >= 0.6 is 0 Å². The molecule has 1 aliphatic rings. The summed E-state index contributed by atoms with van der Waals surface area (Å²) in [7, 11) is 2.83. The summed E-state index contributed by atoms with van der Waals surface area (Å²) in [6.07, 6.45) is 8.28. The first-order chi connectivity index (χ1) is 11.9. The molecule has 134 valence electrons. The van der Waals surface area contributed by atoms with Crippen molar-refractivity contribution in [1.82, 2.24) is 0 Å². The van der Waals surface area contributed by atoms with E-state index >= 15 is 0 Å². The van der Waals surface area contributed by atoms with Crippen LogP contribution in [-0.4, -0.2) is 26.3 Å². The lowest BCUT2D eigenvalue weighted by atomic mass is 9.88. The van der Waals surface area contributed by atoms with E-state index in [9.17, 15) is 9.59 Å². The van der Waals surface area contributed by atoms with Crippen LogP contribution in [0.3, 0.4) is 0 Å². The van der Waals surface area contributed by atoms with Gasteiger partial charge in [0.15, 0.2) is 11.5 Å². The number of benzene rings is 1. The fourth-order valence-electron chi connectivity index (χ4n) is 2.87. The van der Waals surface area contributed by atoms with Crippen LogP contribution in [0.2, 0.25) is 0 Å². The summed E-state index contributed by atoms with van der Waals surface area (Å²) in [4.78, 5) is 23.5. The van der Waals surface area contributed by atoms with Gasteiger partial charge in [-0.25, -0.2) is 4.79 Å². The number of rotatable bonds is 4. The van der Waals surface area contributed by atoms with Crippen LogP contribution in [0.25, 0.3) is 0 Å². The number of hydrogen-bond acceptors (Lipinski definition) is 5. The number of hydrogen-bond donors (Lipinski definition) is 1. The highest BCUT2D eigenvalue weighted by Crippen LogP contribution is 2.47. The zero-order chi connectivity index (χ0) is 18.6. The number of carbonyl (C=O) groups excluding carboxylic acids is 2. The van der Waals surface area contributed by atoms with Gasteiger partial charge in [-0.3, -0.25) is 10.1 Å². The molecule has 1 aliphatic carbocycles. The third-order valence-corrected chi connectivity index (χ3v) is 4.15. The van der Waals surface area contributed by atoms with Crippen molar-refractivity contribution in [2.75, 3.05) is 19.5 Å². The van der Waals surface area contributed by atoms with Gasteiger partial charge < -0.3 is 14.2 Å². The molecule has 0 atom stereocenters. The predicted molar refractivity (Wildman–Crippen MR) is 95.4 cm³/mol.